The Hall–Kier alpha value is -2.57. The molecule has 1 aromatic heterocycles. The molecule has 1 fully saturated rings. The summed E-state index contributed by atoms with van der Waals surface area (Å²) in [7, 11) is 0. The van der Waals surface area contributed by atoms with Gasteiger partial charge in [0.05, 0.1) is 21.8 Å². The molecule has 1 aliphatic heterocycles. The van der Waals surface area contributed by atoms with E-state index in [1.807, 2.05) is 18.2 Å². The molecule has 4 rings (SSSR count). The maximum Gasteiger partial charge on any atom is 0.238 e. The van der Waals surface area contributed by atoms with Crippen LogP contribution in [-0.4, -0.2) is 41.2 Å². The smallest absolute Gasteiger partial charge is 0.238 e. The van der Waals surface area contributed by atoms with Crippen molar-refractivity contribution < 1.29 is 9.59 Å². The zero-order valence-electron chi connectivity index (χ0n) is 15.9. The number of piperidine rings is 1. The molecule has 1 atom stereocenters. The van der Waals surface area contributed by atoms with E-state index in [1.165, 1.54) is 16.6 Å². The first kappa shape index (κ1) is 18.8. The normalized spacial score (nSPS) is 17.5. The summed E-state index contributed by atoms with van der Waals surface area (Å²) in [5.74, 6) is 0.316. The maximum absolute atomic E-state index is 12.5. The average molecular weight is 394 g/mol. The molecule has 3 aromatic rings. The van der Waals surface area contributed by atoms with Crippen LogP contribution in [0.25, 0.3) is 10.2 Å². The highest BCUT2D eigenvalue weighted by Crippen LogP contribution is 2.32. The number of amides is 1. The van der Waals surface area contributed by atoms with E-state index in [9.17, 15) is 9.59 Å². The average Bonchev–Trinajstić information content (AvgIpc) is 3.12. The number of nitrogens with zero attached hydrogens (tertiary/aromatic N) is 2. The number of aromatic nitrogens is 1. The van der Waals surface area contributed by atoms with Crippen molar-refractivity contribution in [1.82, 2.24) is 9.88 Å². The van der Waals surface area contributed by atoms with Gasteiger partial charge in [-0.25, -0.2) is 4.98 Å². The van der Waals surface area contributed by atoms with E-state index in [2.05, 4.69) is 22.3 Å². The summed E-state index contributed by atoms with van der Waals surface area (Å²) in [6.07, 6.45) is 2.17. The van der Waals surface area contributed by atoms with Crippen molar-refractivity contribution in [3.63, 3.8) is 0 Å². The van der Waals surface area contributed by atoms with E-state index in [0.29, 0.717) is 23.7 Å². The summed E-state index contributed by atoms with van der Waals surface area (Å²) in [5.41, 5.74) is 2.33. The first-order valence-electron chi connectivity index (χ1n) is 9.57. The lowest BCUT2D eigenvalue weighted by Crippen LogP contribution is -2.39. The van der Waals surface area contributed by atoms with E-state index in [0.717, 1.165) is 31.4 Å². The molecular weight excluding hydrogens is 370 g/mol. The first-order valence-corrected chi connectivity index (χ1v) is 10.4. The van der Waals surface area contributed by atoms with Gasteiger partial charge in [0.2, 0.25) is 5.91 Å². The van der Waals surface area contributed by atoms with E-state index in [-0.39, 0.29) is 11.7 Å². The second-order valence-electron chi connectivity index (χ2n) is 7.28. The number of fused-ring (bicyclic) bond motifs is 1. The quantitative estimate of drug-likeness (QED) is 0.656. The maximum atomic E-state index is 12.5. The molecule has 1 N–H and O–H groups in total. The minimum atomic E-state index is -0.0503. The summed E-state index contributed by atoms with van der Waals surface area (Å²) in [6.45, 7) is 3.64. The summed E-state index contributed by atoms with van der Waals surface area (Å²) >= 11 is 1.76. The van der Waals surface area contributed by atoms with Crippen LogP contribution in [0.4, 0.5) is 5.69 Å². The molecule has 0 radical (unpaired) electrons. The summed E-state index contributed by atoms with van der Waals surface area (Å²) in [5, 5.41) is 4.08. The molecule has 28 heavy (non-hydrogen) atoms. The van der Waals surface area contributed by atoms with Crippen molar-refractivity contribution in [3.8, 4) is 0 Å². The molecule has 1 aliphatic rings. The molecule has 2 heterocycles. The fourth-order valence-electron chi connectivity index (χ4n) is 3.68. The van der Waals surface area contributed by atoms with Crippen LogP contribution in [0.2, 0.25) is 0 Å². The summed E-state index contributed by atoms with van der Waals surface area (Å²) in [6, 6.07) is 15.3. The predicted octanol–water partition coefficient (Wildman–Crippen LogP) is 4.32. The first-order chi connectivity index (χ1) is 13.6. The number of carbonyl (C=O) groups is 2. The molecule has 2 aromatic carbocycles. The number of benzene rings is 2. The Balaban J connectivity index is 1.38. The molecule has 0 bridgehead atoms. The van der Waals surface area contributed by atoms with Crippen LogP contribution in [0, 0.1) is 0 Å². The molecule has 144 valence electrons. The molecule has 6 heteroatoms. The highest BCUT2D eigenvalue weighted by atomic mass is 32.1. The Kier molecular flexibility index (Phi) is 5.50. The third-order valence-electron chi connectivity index (χ3n) is 5.09. The largest absolute Gasteiger partial charge is 0.325 e. The molecule has 0 aliphatic carbocycles. The van der Waals surface area contributed by atoms with Crippen molar-refractivity contribution in [3.05, 3.63) is 59.1 Å². The van der Waals surface area contributed by atoms with Gasteiger partial charge in [-0.05, 0) is 50.6 Å². The van der Waals surface area contributed by atoms with E-state index < -0.39 is 0 Å². The molecule has 0 spiro atoms. The Morgan fingerprint density at radius 3 is 2.89 bits per heavy atom. The lowest BCUT2D eigenvalue weighted by atomic mass is 9.99. The van der Waals surface area contributed by atoms with Crippen molar-refractivity contribution in [1.29, 1.82) is 0 Å². The molecule has 0 unspecified atom stereocenters. The summed E-state index contributed by atoms with van der Waals surface area (Å²) in [4.78, 5) is 31.0. The van der Waals surface area contributed by atoms with Gasteiger partial charge < -0.3 is 5.32 Å². The number of hydrogen-bond acceptors (Lipinski definition) is 5. The fourth-order valence-corrected chi connectivity index (χ4v) is 4.78. The van der Waals surface area contributed by atoms with Gasteiger partial charge in [-0.15, -0.1) is 11.3 Å². The molecular formula is C22H23N3O2S. The minimum absolute atomic E-state index is 0.00851. The minimum Gasteiger partial charge on any atom is -0.325 e. The predicted molar refractivity (Wildman–Crippen MR) is 113 cm³/mol. The van der Waals surface area contributed by atoms with E-state index in [4.69, 9.17) is 4.98 Å². The monoisotopic (exact) mass is 393 g/mol. The second-order valence-corrected chi connectivity index (χ2v) is 8.34. The Bertz CT molecular complexity index is 981. The van der Waals surface area contributed by atoms with E-state index >= 15 is 0 Å². The van der Waals surface area contributed by atoms with Crippen LogP contribution in [0.15, 0.2) is 48.5 Å². The highest BCUT2D eigenvalue weighted by molar-refractivity contribution is 7.18. The Morgan fingerprint density at radius 1 is 1.21 bits per heavy atom. The number of hydrogen-bond donors (Lipinski definition) is 1. The van der Waals surface area contributed by atoms with Gasteiger partial charge in [0.25, 0.3) is 0 Å². The number of ketones is 1. The molecule has 0 saturated carbocycles. The van der Waals surface area contributed by atoms with Gasteiger partial charge in [0.1, 0.15) is 0 Å². The van der Waals surface area contributed by atoms with Crippen LogP contribution in [0.1, 0.15) is 41.0 Å². The van der Waals surface area contributed by atoms with Crippen molar-refractivity contribution in [2.75, 3.05) is 25.0 Å². The van der Waals surface area contributed by atoms with Gasteiger partial charge in [0.15, 0.2) is 5.78 Å². The van der Waals surface area contributed by atoms with Crippen LogP contribution in [0.5, 0.6) is 0 Å². The van der Waals surface area contributed by atoms with Crippen LogP contribution < -0.4 is 5.32 Å². The number of likely N-dealkylation sites (tertiary alicyclic amines) is 1. The van der Waals surface area contributed by atoms with Crippen molar-refractivity contribution >= 4 is 38.9 Å². The van der Waals surface area contributed by atoms with Gasteiger partial charge >= 0.3 is 0 Å². The topological polar surface area (TPSA) is 62.3 Å². The van der Waals surface area contributed by atoms with Gasteiger partial charge in [-0.2, -0.15) is 0 Å². The van der Waals surface area contributed by atoms with Crippen LogP contribution in [0.3, 0.4) is 0 Å². The molecule has 1 saturated heterocycles. The third-order valence-corrected chi connectivity index (χ3v) is 6.28. The van der Waals surface area contributed by atoms with Gasteiger partial charge in [-0.1, -0.05) is 24.3 Å². The molecule has 1 amide bonds. The van der Waals surface area contributed by atoms with Crippen LogP contribution in [-0.2, 0) is 4.79 Å². The van der Waals surface area contributed by atoms with Gasteiger partial charge in [0, 0.05) is 23.7 Å². The zero-order valence-corrected chi connectivity index (χ0v) is 16.7. The van der Waals surface area contributed by atoms with E-state index in [1.54, 1.807) is 29.5 Å². The van der Waals surface area contributed by atoms with Crippen LogP contribution >= 0.6 is 11.3 Å². The fraction of sp³-hybridized carbons (Fsp3) is 0.318. The Labute approximate surface area is 168 Å². The number of carbonyl (C=O) groups excluding carboxylic acids is 2. The Morgan fingerprint density at radius 2 is 2.07 bits per heavy atom. The number of rotatable bonds is 5. The lowest BCUT2D eigenvalue weighted by molar-refractivity contribution is -0.117. The standard InChI is InChI=1S/C22H23N3O2S/c1-15(26)16-6-4-8-18(12-16)23-21(27)14-25-11-5-7-17(13-25)22-24-19-9-2-3-10-20(19)28-22/h2-4,6,8-10,12,17H,5,7,11,13-14H2,1H3,(H,23,27)/t17-/m1/s1. The number of anilines is 1. The number of Topliss-reactive ketones (excluding diaryl/α,β-unsaturated/α-hetero) is 1. The highest BCUT2D eigenvalue weighted by Gasteiger charge is 2.25. The number of thiazole rings is 1. The van der Waals surface area contributed by atoms with Gasteiger partial charge in [-0.3, -0.25) is 14.5 Å². The SMILES string of the molecule is CC(=O)c1cccc(NC(=O)CN2CCC[C@@H](c3nc4ccccc4s3)C2)c1. The summed E-state index contributed by atoms with van der Waals surface area (Å²) < 4.78 is 1.22. The van der Waals surface area contributed by atoms with Crippen molar-refractivity contribution in [2.45, 2.75) is 25.7 Å². The number of nitrogens with one attached hydrogen (secondary N) is 1. The number of para-hydroxylation sites is 1. The second kappa shape index (κ2) is 8.20. The lowest BCUT2D eigenvalue weighted by Gasteiger charge is -2.31. The molecule has 5 nitrogen and oxygen atoms in total. The third kappa shape index (κ3) is 4.29. The van der Waals surface area contributed by atoms with Crippen molar-refractivity contribution in [2.24, 2.45) is 0 Å². The zero-order chi connectivity index (χ0) is 19.5.